The molecule has 0 heterocycles. The van der Waals surface area contributed by atoms with Crippen molar-refractivity contribution in [3.63, 3.8) is 0 Å². The van der Waals surface area contributed by atoms with Crippen LogP contribution in [-0.2, 0) is 0 Å². The molecule has 1 aromatic rings. The Kier molecular flexibility index (Phi) is 6.80. The molecule has 2 atom stereocenters. The number of thioether (sulfide) groups is 1. The maximum atomic E-state index is 3.74. The van der Waals surface area contributed by atoms with Crippen LogP contribution in [0.1, 0.15) is 44.4 Å². The van der Waals surface area contributed by atoms with E-state index < -0.39 is 0 Å². The number of aryl methyl sites for hydroxylation is 1. The van der Waals surface area contributed by atoms with Crippen LogP contribution in [0.3, 0.4) is 0 Å². The Morgan fingerprint density at radius 3 is 2.39 bits per heavy atom. The van der Waals surface area contributed by atoms with E-state index in [0.717, 1.165) is 6.54 Å². The summed E-state index contributed by atoms with van der Waals surface area (Å²) in [5, 5.41) is 4.41. The second-order valence-corrected chi connectivity index (χ2v) is 6.77. The molecule has 1 aromatic carbocycles. The third-order valence-corrected chi connectivity index (χ3v) is 4.30. The van der Waals surface area contributed by atoms with Crippen molar-refractivity contribution in [1.29, 1.82) is 0 Å². The second kappa shape index (κ2) is 7.85. The van der Waals surface area contributed by atoms with Gasteiger partial charge in [-0.2, -0.15) is 11.8 Å². The predicted molar refractivity (Wildman–Crippen MR) is 84.4 cm³/mol. The van der Waals surface area contributed by atoms with Gasteiger partial charge in [0.1, 0.15) is 0 Å². The SMILES string of the molecule is CSC(C)CNC(CC(C)C)c1ccccc1C. The van der Waals surface area contributed by atoms with Gasteiger partial charge in [-0.15, -0.1) is 0 Å². The number of benzene rings is 1. The fourth-order valence-corrected chi connectivity index (χ4v) is 2.42. The zero-order valence-corrected chi connectivity index (χ0v) is 13.2. The van der Waals surface area contributed by atoms with Gasteiger partial charge in [0.05, 0.1) is 0 Å². The number of hydrogen-bond donors (Lipinski definition) is 1. The van der Waals surface area contributed by atoms with Gasteiger partial charge in [-0.05, 0) is 36.6 Å². The Morgan fingerprint density at radius 2 is 1.83 bits per heavy atom. The molecule has 1 nitrogen and oxygen atoms in total. The fourth-order valence-electron chi connectivity index (χ4n) is 2.16. The van der Waals surface area contributed by atoms with E-state index in [0.29, 0.717) is 17.2 Å². The van der Waals surface area contributed by atoms with Crippen LogP contribution >= 0.6 is 11.8 Å². The van der Waals surface area contributed by atoms with Gasteiger partial charge in [0.25, 0.3) is 0 Å². The van der Waals surface area contributed by atoms with Crippen LogP contribution < -0.4 is 5.32 Å². The monoisotopic (exact) mass is 265 g/mol. The van der Waals surface area contributed by atoms with Crippen LogP contribution in [0, 0.1) is 12.8 Å². The molecule has 0 radical (unpaired) electrons. The van der Waals surface area contributed by atoms with Crippen LogP contribution in [-0.4, -0.2) is 18.1 Å². The van der Waals surface area contributed by atoms with Gasteiger partial charge in [-0.25, -0.2) is 0 Å². The molecule has 0 aromatic heterocycles. The summed E-state index contributed by atoms with van der Waals surface area (Å²) < 4.78 is 0. The largest absolute Gasteiger partial charge is 0.309 e. The first-order valence-corrected chi connectivity index (χ1v) is 8.15. The first kappa shape index (κ1) is 15.6. The van der Waals surface area contributed by atoms with E-state index in [1.165, 1.54) is 17.5 Å². The Balaban J connectivity index is 2.75. The molecule has 0 amide bonds. The summed E-state index contributed by atoms with van der Waals surface area (Å²) >= 11 is 1.92. The minimum Gasteiger partial charge on any atom is -0.309 e. The van der Waals surface area contributed by atoms with E-state index in [1.54, 1.807) is 0 Å². The van der Waals surface area contributed by atoms with Gasteiger partial charge >= 0.3 is 0 Å². The van der Waals surface area contributed by atoms with Crippen LogP contribution in [0.2, 0.25) is 0 Å². The average molecular weight is 265 g/mol. The predicted octanol–water partition coefficient (Wildman–Crippen LogP) is 4.42. The van der Waals surface area contributed by atoms with E-state index in [1.807, 2.05) is 11.8 Å². The van der Waals surface area contributed by atoms with Crippen molar-refractivity contribution in [2.75, 3.05) is 12.8 Å². The highest BCUT2D eigenvalue weighted by atomic mass is 32.2. The summed E-state index contributed by atoms with van der Waals surface area (Å²) in [5.74, 6) is 0.715. The van der Waals surface area contributed by atoms with Crippen LogP contribution in [0.25, 0.3) is 0 Å². The summed E-state index contributed by atoms with van der Waals surface area (Å²) in [7, 11) is 0. The zero-order chi connectivity index (χ0) is 13.5. The van der Waals surface area contributed by atoms with Crippen LogP contribution in [0.4, 0.5) is 0 Å². The average Bonchev–Trinajstić information content (AvgIpc) is 2.34. The topological polar surface area (TPSA) is 12.0 Å². The molecule has 18 heavy (non-hydrogen) atoms. The molecule has 0 spiro atoms. The fraction of sp³-hybridized carbons (Fsp3) is 0.625. The Labute approximate surface area is 117 Å². The first-order chi connectivity index (χ1) is 8.54. The number of hydrogen-bond acceptors (Lipinski definition) is 2. The third kappa shape index (κ3) is 5.03. The van der Waals surface area contributed by atoms with Gasteiger partial charge in [0.15, 0.2) is 0 Å². The lowest BCUT2D eigenvalue weighted by atomic mass is 9.94. The minimum absolute atomic E-state index is 0.487. The maximum Gasteiger partial charge on any atom is 0.0325 e. The Hall–Kier alpha value is -0.470. The van der Waals surface area contributed by atoms with Gasteiger partial charge < -0.3 is 5.32 Å². The maximum absolute atomic E-state index is 3.74. The summed E-state index contributed by atoms with van der Waals surface area (Å²) in [6, 6.07) is 9.23. The summed E-state index contributed by atoms with van der Waals surface area (Å²) in [5.41, 5.74) is 2.85. The molecular formula is C16H27NS. The number of rotatable bonds is 7. The van der Waals surface area contributed by atoms with Gasteiger partial charge in [0, 0.05) is 17.8 Å². The first-order valence-electron chi connectivity index (χ1n) is 6.86. The van der Waals surface area contributed by atoms with E-state index >= 15 is 0 Å². The summed E-state index contributed by atoms with van der Waals surface area (Å²) in [6.45, 7) is 10.2. The lowest BCUT2D eigenvalue weighted by molar-refractivity contribution is 0.431. The van der Waals surface area contributed by atoms with Crippen molar-refractivity contribution < 1.29 is 0 Å². The highest BCUT2D eigenvalue weighted by molar-refractivity contribution is 7.99. The van der Waals surface area contributed by atoms with E-state index in [-0.39, 0.29) is 0 Å². The molecule has 0 aliphatic heterocycles. The Morgan fingerprint density at radius 1 is 1.17 bits per heavy atom. The van der Waals surface area contributed by atoms with Gasteiger partial charge in [-0.3, -0.25) is 0 Å². The zero-order valence-electron chi connectivity index (χ0n) is 12.4. The van der Waals surface area contributed by atoms with Gasteiger partial charge in [-0.1, -0.05) is 45.0 Å². The van der Waals surface area contributed by atoms with E-state index in [4.69, 9.17) is 0 Å². The molecule has 2 heteroatoms. The molecule has 0 saturated heterocycles. The highest BCUT2D eigenvalue weighted by Crippen LogP contribution is 2.24. The molecule has 1 N–H and O–H groups in total. The van der Waals surface area contributed by atoms with Gasteiger partial charge in [0.2, 0.25) is 0 Å². The smallest absolute Gasteiger partial charge is 0.0325 e. The van der Waals surface area contributed by atoms with Crippen molar-refractivity contribution in [2.24, 2.45) is 5.92 Å². The van der Waals surface area contributed by atoms with Crippen LogP contribution in [0.5, 0.6) is 0 Å². The van der Waals surface area contributed by atoms with E-state index in [2.05, 4.69) is 63.5 Å². The minimum atomic E-state index is 0.487. The van der Waals surface area contributed by atoms with Crippen molar-refractivity contribution >= 4 is 11.8 Å². The highest BCUT2D eigenvalue weighted by Gasteiger charge is 2.15. The molecule has 0 bridgehead atoms. The van der Waals surface area contributed by atoms with Crippen molar-refractivity contribution in [1.82, 2.24) is 5.32 Å². The Bertz CT molecular complexity index is 349. The van der Waals surface area contributed by atoms with Crippen molar-refractivity contribution in [3.8, 4) is 0 Å². The lowest BCUT2D eigenvalue weighted by Gasteiger charge is -2.24. The van der Waals surface area contributed by atoms with Crippen molar-refractivity contribution in [3.05, 3.63) is 35.4 Å². The van der Waals surface area contributed by atoms with Crippen LogP contribution in [0.15, 0.2) is 24.3 Å². The molecule has 2 unspecified atom stereocenters. The molecule has 0 aliphatic rings. The quantitative estimate of drug-likeness (QED) is 0.783. The molecular weight excluding hydrogens is 238 g/mol. The standard InChI is InChI=1S/C16H27NS/c1-12(2)10-16(17-11-14(4)18-5)15-9-7-6-8-13(15)3/h6-9,12,14,16-17H,10-11H2,1-5H3. The molecule has 0 fully saturated rings. The third-order valence-electron chi connectivity index (χ3n) is 3.33. The molecule has 0 saturated carbocycles. The normalized spacial score (nSPS) is 14.8. The second-order valence-electron chi connectivity index (χ2n) is 5.49. The lowest BCUT2D eigenvalue weighted by Crippen LogP contribution is -2.29. The summed E-state index contributed by atoms with van der Waals surface area (Å²) in [4.78, 5) is 0. The number of nitrogens with one attached hydrogen (secondary N) is 1. The van der Waals surface area contributed by atoms with E-state index in [9.17, 15) is 0 Å². The molecule has 0 aliphatic carbocycles. The molecule has 1 rings (SSSR count). The van der Waals surface area contributed by atoms with Crippen molar-refractivity contribution in [2.45, 2.75) is 45.4 Å². The molecule has 102 valence electrons. The summed E-state index contributed by atoms with van der Waals surface area (Å²) in [6.07, 6.45) is 3.38.